The molecule has 0 amide bonds. The van der Waals surface area contributed by atoms with Crippen molar-refractivity contribution in [2.24, 2.45) is 5.92 Å². The molecule has 0 aliphatic carbocycles. The highest BCUT2D eigenvalue weighted by atomic mass is 16.4. The number of carbonyl (C=O) groups is 1. The predicted octanol–water partition coefficient (Wildman–Crippen LogP) is -0.486. The number of hydrogen-bond donors (Lipinski definition) is 2. The molecule has 0 heterocycles. The molecule has 1 radical (unpaired) electrons. The molecule has 0 saturated carbocycles. The van der Waals surface area contributed by atoms with Crippen molar-refractivity contribution >= 4 is 5.97 Å². The molecule has 1 unspecified atom stereocenters. The van der Waals surface area contributed by atoms with Crippen LogP contribution in [0.2, 0.25) is 0 Å². The van der Waals surface area contributed by atoms with Crippen molar-refractivity contribution < 1.29 is 15.0 Å². The molecule has 0 aliphatic rings. The number of hydrogen-bond acceptors (Lipinski definition) is 2. The van der Waals surface area contributed by atoms with Gasteiger partial charge in [-0.25, -0.2) is 0 Å². The Morgan fingerprint density at radius 3 is 2.29 bits per heavy atom. The monoisotopic (exact) mass is 103 g/mol. The molecule has 0 aromatic heterocycles. The quantitative estimate of drug-likeness (QED) is 0.496. The van der Waals surface area contributed by atoms with Crippen LogP contribution in [0.1, 0.15) is 0 Å². The summed E-state index contributed by atoms with van der Waals surface area (Å²) in [7, 11) is 0. The number of rotatable bonds is 2. The molecule has 0 spiro atoms. The molecule has 3 heteroatoms. The minimum Gasteiger partial charge on any atom is -0.481 e. The zero-order valence-corrected chi connectivity index (χ0v) is 3.79. The second kappa shape index (κ2) is 2.58. The van der Waals surface area contributed by atoms with Crippen LogP contribution < -0.4 is 0 Å². The van der Waals surface area contributed by atoms with Gasteiger partial charge in [0, 0.05) is 0 Å². The van der Waals surface area contributed by atoms with Crippen LogP contribution in [-0.4, -0.2) is 22.8 Å². The molecule has 0 aromatic rings. The van der Waals surface area contributed by atoms with Crippen molar-refractivity contribution in [3.8, 4) is 0 Å². The first-order chi connectivity index (χ1) is 3.18. The van der Waals surface area contributed by atoms with Crippen LogP contribution in [0.4, 0.5) is 0 Å². The van der Waals surface area contributed by atoms with Crippen LogP contribution in [0.25, 0.3) is 0 Å². The van der Waals surface area contributed by atoms with E-state index >= 15 is 0 Å². The average molecular weight is 103 g/mol. The predicted molar refractivity (Wildman–Crippen MR) is 23.6 cm³/mol. The van der Waals surface area contributed by atoms with Crippen LogP contribution in [-0.2, 0) is 4.79 Å². The lowest BCUT2D eigenvalue weighted by molar-refractivity contribution is -0.141. The van der Waals surface area contributed by atoms with Crippen molar-refractivity contribution in [1.82, 2.24) is 0 Å². The third-order valence-electron chi connectivity index (χ3n) is 0.570. The molecule has 3 nitrogen and oxygen atoms in total. The Morgan fingerprint density at radius 1 is 1.86 bits per heavy atom. The van der Waals surface area contributed by atoms with E-state index in [-0.39, 0.29) is 0 Å². The van der Waals surface area contributed by atoms with Gasteiger partial charge in [0.25, 0.3) is 0 Å². The maximum absolute atomic E-state index is 9.71. The third kappa shape index (κ3) is 2.17. The van der Waals surface area contributed by atoms with Crippen LogP contribution in [0, 0.1) is 12.8 Å². The topological polar surface area (TPSA) is 57.5 Å². The highest BCUT2D eigenvalue weighted by Gasteiger charge is 2.06. The normalized spacial score (nSPS) is 13.4. The molecule has 0 rings (SSSR count). The summed E-state index contributed by atoms with van der Waals surface area (Å²) in [6.45, 7) is 2.71. The summed E-state index contributed by atoms with van der Waals surface area (Å²) < 4.78 is 0. The molecule has 0 aliphatic heterocycles. The number of carboxylic acid groups (broad SMARTS) is 1. The molecule has 0 bridgehead atoms. The third-order valence-corrected chi connectivity index (χ3v) is 0.570. The molecular formula is C4H7O3. The van der Waals surface area contributed by atoms with E-state index in [9.17, 15) is 4.79 Å². The van der Waals surface area contributed by atoms with E-state index in [1.54, 1.807) is 0 Å². The largest absolute Gasteiger partial charge is 0.481 e. The van der Waals surface area contributed by atoms with Gasteiger partial charge in [-0.05, 0) is 6.92 Å². The van der Waals surface area contributed by atoms with Crippen LogP contribution in [0.3, 0.4) is 0 Å². The summed E-state index contributed by atoms with van der Waals surface area (Å²) in [5.74, 6) is -1.94. The van der Waals surface area contributed by atoms with E-state index in [1.165, 1.54) is 0 Å². The van der Waals surface area contributed by atoms with E-state index in [1.807, 2.05) is 0 Å². The Hall–Kier alpha value is -0.570. The SMILES string of the molecule is [CH2]C(CO)C(=O)O. The molecular weight excluding hydrogens is 96.0 g/mol. The smallest absolute Gasteiger partial charge is 0.308 e. The lowest BCUT2D eigenvalue weighted by Gasteiger charge is -1.95. The van der Waals surface area contributed by atoms with Crippen LogP contribution >= 0.6 is 0 Å². The average Bonchev–Trinajstić information content (AvgIpc) is 1.65. The highest BCUT2D eigenvalue weighted by Crippen LogP contribution is 1.87. The molecule has 7 heavy (non-hydrogen) atoms. The molecule has 0 saturated heterocycles. The molecule has 0 fully saturated rings. The lowest BCUT2D eigenvalue weighted by atomic mass is 10.2. The summed E-state index contributed by atoms with van der Waals surface area (Å²) in [5, 5.41) is 16.0. The van der Waals surface area contributed by atoms with Crippen molar-refractivity contribution in [2.45, 2.75) is 0 Å². The zero-order chi connectivity index (χ0) is 5.86. The Balaban J connectivity index is 3.34. The van der Waals surface area contributed by atoms with Gasteiger partial charge in [-0.2, -0.15) is 0 Å². The van der Waals surface area contributed by atoms with E-state index in [0.29, 0.717) is 0 Å². The van der Waals surface area contributed by atoms with Gasteiger partial charge < -0.3 is 10.2 Å². The van der Waals surface area contributed by atoms with Gasteiger partial charge in [-0.15, -0.1) is 0 Å². The molecule has 2 N–H and O–H groups in total. The summed E-state index contributed by atoms with van der Waals surface area (Å²) in [5.41, 5.74) is 0. The van der Waals surface area contributed by atoms with Gasteiger partial charge in [-0.3, -0.25) is 4.79 Å². The maximum atomic E-state index is 9.71. The highest BCUT2D eigenvalue weighted by molar-refractivity contribution is 5.70. The van der Waals surface area contributed by atoms with Gasteiger partial charge in [0.2, 0.25) is 0 Å². The van der Waals surface area contributed by atoms with Gasteiger partial charge in [0.15, 0.2) is 0 Å². The number of aliphatic hydroxyl groups excluding tert-OH is 1. The maximum Gasteiger partial charge on any atom is 0.308 e. The fraction of sp³-hybridized carbons (Fsp3) is 0.500. The van der Waals surface area contributed by atoms with Crippen LogP contribution in [0.15, 0.2) is 0 Å². The fourth-order valence-corrected chi connectivity index (χ4v) is 0.0781. The van der Waals surface area contributed by atoms with Crippen molar-refractivity contribution in [1.29, 1.82) is 0 Å². The number of aliphatic carboxylic acids is 1. The van der Waals surface area contributed by atoms with E-state index in [4.69, 9.17) is 10.2 Å². The van der Waals surface area contributed by atoms with Crippen molar-refractivity contribution in [3.63, 3.8) is 0 Å². The summed E-state index contributed by atoms with van der Waals surface area (Å²) in [4.78, 5) is 9.71. The van der Waals surface area contributed by atoms with E-state index in [2.05, 4.69) is 6.92 Å². The Kier molecular flexibility index (Phi) is 2.37. The van der Waals surface area contributed by atoms with Crippen molar-refractivity contribution in [3.05, 3.63) is 6.92 Å². The standard InChI is InChI=1S/C4H7O3/c1-3(2-5)4(6)7/h3,5H,1-2H2,(H,6,7). The van der Waals surface area contributed by atoms with Crippen LogP contribution in [0.5, 0.6) is 0 Å². The summed E-state index contributed by atoms with van der Waals surface area (Å²) in [6, 6.07) is 0. The number of aliphatic hydroxyl groups is 1. The van der Waals surface area contributed by atoms with Crippen molar-refractivity contribution in [2.75, 3.05) is 6.61 Å². The second-order valence-corrected chi connectivity index (χ2v) is 1.22. The minimum atomic E-state index is -1.07. The molecule has 0 aromatic carbocycles. The Bertz CT molecular complexity index is 69.3. The first-order valence-corrected chi connectivity index (χ1v) is 1.85. The molecule has 41 valence electrons. The number of carboxylic acids is 1. The zero-order valence-electron chi connectivity index (χ0n) is 3.79. The van der Waals surface area contributed by atoms with Gasteiger partial charge in [0.05, 0.1) is 12.5 Å². The first kappa shape index (κ1) is 6.43. The fourth-order valence-electron chi connectivity index (χ4n) is 0.0781. The van der Waals surface area contributed by atoms with Gasteiger partial charge >= 0.3 is 5.97 Å². The lowest BCUT2D eigenvalue weighted by Crippen LogP contribution is -2.13. The summed E-state index contributed by atoms with van der Waals surface area (Å²) in [6.07, 6.45) is 0. The Morgan fingerprint density at radius 2 is 2.29 bits per heavy atom. The Labute approximate surface area is 41.6 Å². The minimum absolute atomic E-state index is 0.394. The first-order valence-electron chi connectivity index (χ1n) is 1.85. The van der Waals surface area contributed by atoms with Gasteiger partial charge in [0.1, 0.15) is 0 Å². The second-order valence-electron chi connectivity index (χ2n) is 1.22. The molecule has 1 atom stereocenters. The van der Waals surface area contributed by atoms with E-state index < -0.39 is 18.5 Å². The van der Waals surface area contributed by atoms with Gasteiger partial charge in [-0.1, -0.05) is 0 Å². The summed E-state index contributed by atoms with van der Waals surface area (Å²) >= 11 is 0. The van der Waals surface area contributed by atoms with E-state index in [0.717, 1.165) is 0 Å².